The van der Waals surface area contributed by atoms with Crippen molar-refractivity contribution in [2.75, 3.05) is 19.7 Å². The topological polar surface area (TPSA) is 61.8 Å². The summed E-state index contributed by atoms with van der Waals surface area (Å²) in [5, 5.41) is 13.6. The Morgan fingerprint density at radius 2 is 2.04 bits per heavy atom. The largest absolute Gasteiger partial charge is 0.465 e. The molecule has 1 aromatic rings. The maximum atomic E-state index is 11.6. The fraction of sp³-hybridized carbons (Fsp3) is 0.588. The summed E-state index contributed by atoms with van der Waals surface area (Å²) in [4.78, 5) is 13.0. The summed E-state index contributed by atoms with van der Waals surface area (Å²) in [7, 11) is 0. The van der Waals surface area contributed by atoms with E-state index >= 15 is 0 Å². The third-order valence-electron chi connectivity index (χ3n) is 3.85. The molecular weight excluding hydrogens is 316 g/mol. The third-order valence-corrected chi connectivity index (χ3v) is 4.10. The molecule has 0 saturated carbocycles. The SMILES string of the molecule is CC(C)(C)OC[C@H]1CN[C@@H](Cc2ccc(Cl)cc2)CN1C(=O)O. The highest BCUT2D eigenvalue weighted by atomic mass is 35.5. The van der Waals surface area contributed by atoms with Crippen molar-refractivity contribution in [3.63, 3.8) is 0 Å². The monoisotopic (exact) mass is 340 g/mol. The number of hydrogen-bond acceptors (Lipinski definition) is 3. The number of carbonyl (C=O) groups is 1. The lowest BCUT2D eigenvalue weighted by Gasteiger charge is -2.39. The molecule has 5 nitrogen and oxygen atoms in total. The van der Waals surface area contributed by atoms with Crippen molar-refractivity contribution in [1.82, 2.24) is 10.2 Å². The first-order valence-corrected chi connectivity index (χ1v) is 8.24. The quantitative estimate of drug-likeness (QED) is 0.884. The van der Waals surface area contributed by atoms with E-state index in [4.69, 9.17) is 16.3 Å². The minimum atomic E-state index is -0.893. The summed E-state index contributed by atoms with van der Waals surface area (Å²) in [6.45, 7) is 7.36. The number of hydrogen-bond donors (Lipinski definition) is 2. The van der Waals surface area contributed by atoms with Gasteiger partial charge in [0.05, 0.1) is 18.2 Å². The molecule has 6 heteroatoms. The lowest BCUT2D eigenvalue weighted by atomic mass is 10.0. The average molecular weight is 341 g/mol. The average Bonchev–Trinajstić information content (AvgIpc) is 2.47. The second kappa shape index (κ2) is 7.51. The Balaban J connectivity index is 1.95. The van der Waals surface area contributed by atoms with Crippen molar-refractivity contribution in [2.24, 2.45) is 0 Å². The zero-order valence-corrected chi connectivity index (χ0v) is 14.6. The lowest BCUT2D eigenvalue weighted by Crippen LogP contribution is -2.60. The van der Waals surface area contributed by atoms with Crippen LogP contribution in [0.4, 0.5) is 4.79 Å². The van der Waals surface area contributed by atoms with Gasteiger partial charge in [-0.1, -0.05) is 23.7 Å². The van der Waals surface area contributed by atoms with Crippen LogP contribution in [-0.4, -0.2) is 53.5 Å². The van der Waals surface area contributed by atoms with Crippen molar-refractivity contribution < 1.29 is 14.6 Å². The van der Waals surface area contributed by atoms with Crippen LogP contribution in [0.1, 0.15) is 26.3 Å². The number of amides is 1. The third kappa shape index (κ3) is 5.68. The summed E-state index contributed by atoms with van der Waals surface area (Å²) in [6.07, 6.45) is -0.122. The smallest absolute Gasteiger partial charge is 0.407 e. The van der Waals surface area contributed by atoms with Crippen LogP contribution in [0, 0.1) is 0 Å². The van der Waals surface area contributed by atoms with Crippen LogP contribution < -0.4 is 5.32 Å². The second-order valence-corrected chi connectivity index (χ2v) is 7.38. The van der Waals surface area contributed by atoms with Crippen LogP contribution >= 0.6 is 11.6 Å². The maximum absolute atomic E-state index is 11.6. The van der Waals surface area contributed by atoms with Crippen LogP contribution in [0.2, 0.25) is 5.02 Å². The summed E-state index contributed by atoms with van der Waals surface area (Å²) in [6, 6.07) is 7.60. The molecule has 0 aromatic heterocycles. The number of halogens is 1. The fourth-order valence-electron chi connectivity index (χ4n) is 2.64. The highest BCUT2D eigenvalue weighted by Crippen LogP contribution is 2.16. The number of benzene rings is 1. The molecule has 0 spiro atoms. The molecule has 0 unspecified atom stereocenters. The van der Waals surface area contributed by atoms with Crippen molar-refractivity contribution in [3.8, 4) is 0 Å². The van der Waals surface area contributed by atoms with Crippen molar-refractivity contribution in [3.05, 3.63) is 34.9 Å². The van der Waals surface area contributed by atoms with Gasteiger partial charge in [0.1, 0.15) is 0 Å². The molecule has 2 atom stereocenters. The van der Waals surface area contributed by atoms with Crippen LogP contribution in [-0.2, 0) is 11.2 Å². The molecule has 1 aliphatic heterocycles. The van der Waals surface area contributed by atoms with Gasteiger partial charge >= 0.3 is 6.09 Å². The molecule has 128 valence electrons. The van der Waals surface area contributed by atoms with Gasteiger partial charge in [0, 0.05) is 24.2 Å². The molecule has 1 saturated heterocycles. The van der Waals surface area contributed by atoms with Gasteiger partial charge < -0.3 is 20.1 Å². The number of ether oxygens (including phenoxy) is 1. The Labute approximate surface area is 142 Å². The Bertz CT molecular complexity index is 528. The minimum Gasteiger partial charge on any atom is -0.465 e. The van der Waals surface area contributed by atoms with E-state index in [1.807, 2.05) is 45.0 Å². The maximum Gasteiger partial charge on any atom is 0.407 e. The van der Waals surface area contributed by atoms with Gasteiger partial charge in [-0.2, -0.15) is 0 Å². The van der Waals surface area contributed by atoms with Crippen LogP contribution in [0.15, 0.2) is 24.3 Å². The molecule has 1 aliphatic rings. The van der Waals surface area contributed by atoms with E-state index in [0.29, 0.717) is 24.7 Å². The zero-order chi connectivity index (χ0) is 17.0. The summed E-state index contributed by atoms with van der Waals surface area (Å²) in [5.41, 5.74) is 0.867. The molecule has 0 radical (unpaired) electrons. The number of piperazine rings is 1. The summed E-state index contributed by atoms with van der Waals surface area (Å²) < 4.78 is 5.76. The molecule has 1 heterocycles. The van der Waals surface area contributed by atoms with Crippen LogP contribution in [0.25, 0.3) is 0 Å². The first-order valence-electron chi connectivity index (χ1n) is 7.86. The van der Waals surface area contributed by atoms with E-state index in [-0.39, 0.29) is 17.7 Å². The molecule has 1 fully saturated rings. The fourth-order valence-corrected chi connectivity index (χ4v) is 2.76. The predicted molar refractivity (Wildman–Crippen MR) is 91.2 cm³/mol. The molecular formula is C17H25ClN2O3. The molecule has 1 aromatic carbocycles. The molecule has 2 rings (SSSR count). The first kappa shape index (κ1) is 18.0. The number of nitrogens with one attached hydrogen (secondary N) is 1. The lowest BCUT2D eigenvalue weighted by molar-refractivity contribution is -0.0390. The Morgan fingerprint density at radius 3 is 2.61 bits per heavy atom. The van der Waals surface area contributed by atoms with Gasteiger partial charge in [0.25, 0.3) is 0 Å². The Kier molecular flexibility index (Phi) is 5.89. The van der Waals surface area contributed by atoms with Crippen molar-refractivity contribution in [2.45, 2.75) is 44.9 Å². The highest BCUT2D eigenvalue weighted by Gasteiger charge is 2.32. The summed E-state index contributed by atoms with van der Waals surface area (Å²) >= 11 is 5.89. The number of rotatable bonds is 4. The molecule has 23 heavy (non-hydrogen) atoms. The van der Waals surface area contributed by atoms with E-state index in [1.165, 1.54) is 4.90 Å². The standard InChI is InChI=1S/C17H25ClN2O3/c1-17(2,3)23-11-15-9-19-14(10-20(15)16(21)22)8-12-4-6-13(18)7-5-12/h4-7,14-15,19H,8-11H2,1-3H3,(H,21,22)/t14-,15+/m0/s1. The highest BCUT2D eigenvalue weighted by molar-refractivity contribution is 6.30. The van der Waals surface area contributed by atoms with Gasteiger partial charge in [-0.15, -0.1) is 0 Å². The van der Waals surface area contributed by atoms with Gasteiger partial charge in [-0.3, -0.25) is 0 Å². The molecule has 0 bridgehead atoms. The van der Waals surface area contributed by atoms with Crippen LogP contribution in [0.5, 0.6) is 0 Å². The van der Waals surface area contributed by atoms with E-state index in [2.05, 4.69) is 5.32 Å². The van der Waals surface area contributed by atoms with Gasteiger partial charge in [-0.05, 0) is 44.9 Å². The Morgan fingerprint density at radius 1 is 1.39 bits per heavy atom. The van der Waals surface area contributed by atoms with Gasteiger partial charge in [0.15, 0.2) is 0 Å². The van der Waals surface area contributed by atoms with Crippen LogP contribution in [0.3, 0.4) is 0 Å². The van der Waals surface area contributed by atoms with Gasteiger partial charge in [-0.25, -0.2) is 4.79 Å². The first-order chi connectivity index (χ1) is 10.7. The number of nitrogens with zero attached hydrogens (tertiary/aromatic N) is 1. The summed E-state index contributed by atoms with van der Waals surface area (Å²) in [5.74, 6) is 0. The predicted octanol–water partition coefficient (Wildman–Crippen LogP) is 3.02. The molecule has 0 aliphatic carbocycles. The zero-order valence-electron chi connectivity index (χ0n) is 13.9. The van der Waals surface area contributed by atoms with E-state index in [0.717, 1.165) is 12.0 Å². The van der Waals surface area contributed by atoms with Crippen molar-refractivity contribution >= 4 is 17.7 Å². The van der Waals surface area contributed by atoms with E-state index in [9.17, 15) is 9.90 Å². The van der Waals surface area contributed by atoms with E-state index in [1.54, 1.807) is 0 Å². The number of carboxylic acid groups (broad SMARTS) is 1. The van der Waals surface area contributed by atoms with Gasteiger partial charge in [0.2, 0.25) is 0 Å². The van der Waals surface area contributed by atoms with Crippen molar-refractivity contribution in [1.29, 1.82) is 0 Å². The molecule has 2 N–H and O–H groups in total. The molecule has 1 amide bonds. The Hall–Kier alpha value is -1.30. The second-order valence-electron chi connectivity index (χ2n) is 6.95. The van der Waals surface area contributed by atoms with E-state index < -0.39 is 6.09 Å². The normalized spacial score (nSPS) is 22.2. The minimum absolute atomic E-state index is 0.0955.